The van der Waals surface area contributed by atoms with Gasteiger partial charge in [-0.15, -0.1) is 11.8 Å². The Balaban J connectivity index is 1.89. The van der Waals surface area contributed by atoms with Crippen LogP contribution in [-0.2, 0) is 6.42 Å². The summed E-state index contributed by atoms with van der Waals surface area (Å²) in [6, 6.07) is 7.73. The maximum absolute atomic E-state index is 3.40. The van der Waals surface area contributed by atoms with Crippen LogP contribution in [0.15, 0.2) is 23.1 Å². The van der Waals surface area contributed by atoms with Gasteiger partial charge >= 0.3 is 0 Å². The highest BCUT2D eigenvalue weighted by Gasteiger charge is 2.30. The van der Waals surface area contributed by atoms with Gasteiger partial charge in [-0.05, 0) is 49.9 Å². The van der Waals surface area contributed by atoms with Gasteiger partial charge in [-0.2, -0.15) is 0 Å². The van der Waals surface area contributed by atoms with E-state index < -0.39 is 0 Å². The topological polar surface area (TPSA) is 15.3 Å². The van der Waals surface area contributed by atoms with Crippen molar-refractivity contribution in [1.29, 1.82) is 0 Å². The predicted molar refractivity (Wildman–Crippen MR) is 78.3 cm³/mol. The van der Waals surface area contributed by atoms with E-state index in [-0.39, 0.29) is 0 Å². The molecule has 18 heavy (non-hydrogen) atoms. The first-order valence-corrected chi connectivity index (χ1v) is 7.87. The van der Waals surface area contributed by atoms with Crippen molar-refractivity contribution in [1.82, 2.24) is 10.2 Å². The molecule has 2 heterocycles. The van der Waals surface area contributed by atoms with Crippen LogP contribution in [0.25, 0.3) is 0 Å². The maximum atomic E-state index is 3.40. The van der Waals surface area contributed by atoms with Crippen molar-refractivity contribution in [2.45, 2.75) is 23.8 Å². The Kier molecular flexibility index (Phi) is 3.64. The number of fused-ring (bicyclic) bond motifs is 1. The zero-order chi connectivity index (χ0) is 12.5. The van der Waals surface area contributed by atoms with E-state index in [1.54, 1.807) is 5.56 Å². The number of hydrogen-bond acceptors (Lipinski definition) is 3. The molecule has 0 bridgehead atoms. The molecule has 1 atom stereocenters. The third-order valence-corrected chi connectivity index (χ3v) is 5.29. The molecule has 2 aliphatic heterocycles. The summed E-state index contributed by atoms with van der Waals surface area (Å²) in [6.07, 6.45) is 2.60. The first-order valence-electron chi connectivity index (χ1n) is 6.88. The summed E-state index contributed by atoms with van der Waals surface area (Å²) < 4.78 is 0. The summed E-state index contributed by atoms with van der Waals surface area (Å²) in [6.45, 7) is 2.32. The number of thioether (sulfide) groups is 1. The van der Waals surface area contributed by atoms with Gasteiger partial charge in [0.15, 0.2) is 0 Å². The van der Waals surface area contributed by atoms with Gasteiger partial charge in [-0.25, -0.2) is 0 Å². The zero-order valence-electron chi connectivity index (χ0n) is 11.3. The molecule has 3 rings (SSSR count). The molecule has 0 amide bonds. The van der Waals surface area contributed by atoms with Gasteiger partial charge in [0, 0.05) is 29.9 Å². The average molecular weight is 262 g/mol. The van der Waals surface area contributed by atoms with Gasteiger partial charge in [0.25, 0.3) is 0 Å². The Morgan fingerprint density at radius 3 is 2.83 bits per heavy atom. The van der Waals surface area contributed by atoms with E-state index in [2.05, 4.69) is 42.5 Å². The second-order valence-electron chi connectivity index (χ2n) is 5.65. The molecule has 0 aromatic heterocycles. The smallest absolute Gasteiger partial charge is 0.0394 e. The molecule has 2 aliphatic rings. The van der Waals surface area contributed by atoms with Crippen molar-refractivity contribution in [3.8, 4) is 0 Å². The Morgan fingerprint density at radius 2 is 2.17 bits per heavy atom. The summed E-state index contributed by atoms with van der Waals surface area (Å²) >= 11 is 2.02. The van der Waals surface area contributed by atoms with Crippen LogP contribution in [0.1, 0.15) is 23.6 Å². The quantitative estimate of drug-likeness (QED) is 0.901. The monoisotopic (exact) mass is 262 g/mol. The van der Waals surface area contributed by atoms with Crippen LogP contribution >= 0.6 is 11.8 Å². The second-order valence-corrected chi connectivity index (χ2v) is 6.78. The lowest BCUT2D eigenvalue weighted by Gasteiger charge is -2.39. The minimum absolute atomic E-state index is 0.573. The lowest BCUT2D eigenvalue weighted by Crippen LogP contribution is -2.48. The lowest BCUT2D eigenvalue weighted by atomic mass is 9.87. The molecule has 0 saturated carbocycles. The van der Waals surface area contributed by atoms with Crippen molar-refractivity contribution in [3.05, 3.63) is 29.3 Å². The van der Waals surface area contributed by atoms with Gasteiger partial charge in [-0.3, -0.25) is 0 Å². The molecule has 0 aliphatic carbocycles. The molecular formula is C15H22N2S. The molecule has 3 heteroatoms. The minimum atomic E-state index is 0.573. The molecule has 1 N–H and O–H groups in total. The first-order chi connectivity index (χ1) is 8.75. The lowest BCUT2D eigenvalue weighted by molar-refractivity contribution is 0.161. The molecule has 1 saturated heterocycles. The van der Waals surface area contributed by atoms with Crippen LogP contribution in [0.4, 0.5) is 0 Å². The standard InChI is InChI=1S/C15H22N2S/c1-17(2)15(13-9-16-10-13)12-5-6-14-11(8-12)4-3-7-18-14/h5-6,8,13,15-16H,3-4,7,9-10H2,1-2H3. The number of rotatable bonds is 3. The zero-order valence-corrected chi connectivity index (χ0v) is 12.1. The van der Waals surface area contributed by atoms with E-state index >= 15 is 0 Å². The van der Waals surface area contributed by atoms with E-state index in [0.717, 1.165) is 19.0 Å². The second kappa shape index (κ2) is 5.24. The van der Waals surface area contributed by atoms with Crippen molar-refractivity contribution in [2.75, 3.05) is 32.9 Å². The Bertz CT molecular complexity index is 427. The number of aryl methyl sites for hydroxylation is 1. The van der Waals surface area contributed by atoms with Crippen LogP contribution in [0.2, 0.25) is 0 Å². The third-order valence-electron chi connectivity index (χ3n) is 4.09. The van der Waals surface area contributed by atoms with E-state index in [9.17, 15) is 0 Å². The molecule has 2 nitrogen and oxygen atoms in total. The highest BCUT2D eigenvalue weighted by atomic mass is 32.2. The van der Waals surface area contributed by atoms with Crippen LogP contribution in [0.5, 0.6) is 0 Å². The molecule has 1 unspecified atom stereocenters. The number of hydrogen-bond donors (Lipinski definition) is 1. The van der Waals surface area contributed by atoms with Crippen LogP contribution in [0.3, 0.4) is 0 Å². The van der Waals surface area contributed by atoms with Gasteiger partial charge < -0.3 is 10.2 Å². The van der Waals surface area contributed by atoms with E-state index in [1.807, 2.05) is 11.8 Å². The molecule has 1 aromatic rings. The highest BCUT2D eigenvalue weighted by molar-refractivity contribution is 7.99. The molecule has 1 fully saturated rings. The number of nitrogens with one attached hydrogen (secondary N) is 1. The summed E-state index contributed by atoms with van der Waals surface area (Å²) in [5.41, 5.74) is 3.08. The van der Waals surface area contributed by atoms with Crippen molar-refractivity contribution in [3.63, 3.8) is 0 Å². The maximum Gasteiger partial charge on any atom is 0.0394 e. The SMILES string of the molecule is CN(C)C(c1ccc2c(c1)CCCS2)C1CNC1. The fraction of sp³-hybridized carbons (Fsp3) is 0.600. The number of nitrogens with zero attached hydrogens (tertiary/aromatic N) is 1. The summed E-state index contributed by atoms with van der Waals surface area (Å²) in [4.78, 5) is 3.89. The Morgan fingerprint density at radius 1 is 1.33 bits per heavy atom. The van der Waals surface area contributed by atoms with E-state index in [0.29, 0.717) is 6.04 Å². The average Bonchev–Trinajstić information content (AvgIpc) is 2.32. The van der Waals surface area contributed by atoms with Gasteiger partial charge in [0.1, 0.15) is 0 Å². The summed E-state index contributed by atoms with van der Waals surface area (Å²) in [5.74, 6) is 2.06. The molecule has 1 aromatic carbocycles. The van der Waals surface area contributed by atoms with Gasteiger partial charge in [0.05, 0.1) is 0 Å². The number of benzene rings is 1. The van der Waals surface area contributed by atoms with Crippen molar-refractivity contribution < 1.29 is 0 Å². The third kappa shape index (κ3) is 2.31. The fourth-order valence-corrected chi connectivity index (χ4v) is 4.11. The van der Waals surface area contributed by atoms with Crippen LogP contribution < -0.4 is 5.32 Å². The van der Waals surface area contributed by atoms with Crippen LogP contribution in [0, 0.1) is 5.92 Å². The van der Waals surface area contributed by atoms with E-state index in [4.69, 9.17) is 0 Å². The van der Waals surface area contributed by atoms with Gasteiger partial charge in [0.2, 0.25) is 0 Å². The van der Waals surface area contributed by atoms with Crippen molar-refractivity contribution >= 4 is 11.8 Å². The minimum Gasteiger partial charge on any atom is -0.316 e. The molecule has 98 valence electrons. The fourth-order valence-electron chi connectivity index (χ4n) is 3.09. The first kappa shape index (κ1) is 12.5. The molecule has 0 radical (unpaired) electrons. The van der Waals surface area contributed by atoms with Gasteiger partial charge in [-0.1, -0.05) is 12.1 Å². The summed E-state index contributed by atoms with van der Waals surface area (Å²) in [7, 11) is 4.41. The van der Waals surface area contributed by atoms with E-state index in [1.165, 1.54) is 29.1 Å². The summed E-state index contributed by atoms with van der Waals surface area (Å²) in [5, 5.41) is 3.40. The Hall–Kier alpha value is -0.510. The largest absolute Gasteiger partial charge is 0.316 e. The highest BCUT2D eigenvalue weighted by Crippen LogP contribution is 2.35. The predicted octanol–water partition coefficient (Wildman–Crippen LogP) is 2.55. The molecular weight excluding hydrogens is 240 g/mol. The van der Waals surface area contributed by atoms with Crippen LogP contribution in [-0.4, -0.2) is 37.8 Å². The normalized spacial score (nSPS) is 21.5. The van der Waals surface area contributed by atoms with Crippen molar-refractivity contribution in [2.24, 2.45) is 5.92 Å². The Labute approximate surface area is 114 Å². The molecule has 0 spiro atoms.